The lowest BCUT2D eigenvalue weighted by molar-refractivity contribution is -0.274. The molecule has 0 aliphatic carbocycles. The number of aromatic hydroxyl groups is 1. The fraction of sp³-hybridized carbons (Fsp3) is 0.333. The van der Waals surface area contributed by atoms with Gasteiger partial charge >= 0.3 is 6.36 Å². The predicted octanol–water partition coefficient (Wildman–Crippen LogP) is 4.92. The summed E-state index contributed by atoms with van der Waals surface area (Å²) in [6.07, 6.45) is -4.78. The van der Waals surface area contributed by atoms with Crippen molar-refractivity contribution in [3.63, 3.8) is 0 Å². The Kier molecular flexibility index (Phi) is 9.30. The first-order valence-electron chi connectivity index (χ1n) is 8.23. The van der Waals surface area contributed by atoms with Gasteiger partial charge in [-0.1, -0.05) is 29.8 Å². The number of benzene rings is 2. The second-order valence-corrected chi connectivity index (χ2v) is 6.48. The van der Waals surface area contributed by atoms with Crippen LogP contribution in [0.1, 0.15) is 17.2 Å². The van der Waals surface area contributed by atoms with Gasteiger partial charge in [-0.2, -0.15) is 0 Å². The lowest BCUT2D eigenvalue weighted by Crippen LogP contribution is -2.45. The average molecular weight is 478 g/mol. The van der Waals surface area contributed by atoms with Crippen molar-refractivity contribution in [1.82, 2.24) is 10.2 Å². The van der Waals surface area contributed by atoms with Gasteiger partial charge in [0.15, 0.2) is 0 Å². The van der Waals surface area contributed by atoms with E-state index in [-0.39, 0.29) is 41.3 Å². The first-order valence-corrected chi connectivity index (χ1v) is 8.61. The summed E-state index contributed by atoms with van der Waals surface area (Å²) in [6, 6.07) is 7.50. The highest BCUT2D eigenvalue weighted by Gasteiger charge is 2.32. The van der Waals surface area contributed by atoms with Crippen molar-refractivity contribution in [2.75, 3.05) is 26.2 Å². The molecule has 0 bridgehead atoms. The van der Waals surface area contributed by atoms with Crippen LogP contribution < -0.4 is 10.1 Å². The van der Waals surface area contributed by atoms with Crippen LogP contribution in [0.15, 0.2) is 36.4 Å². The fourth-order valence-corrected chi connectivity index (χ4v) is 3.33. The molecule has 0 saturated carbocycles. The normalized spacial score (nSPS) is 15.8. The second kappa shape index (κ2) is 10.5. The Morgan fingerprint density at radius 2 is 1.62 bits per heavy atom. The first kappa shape index (κ1) is 25.6. The van der Waals surface area contributed by atoms with Gasteiger partial charge < -0.3 is 15.2 Å². The summed E-state index contributed by atoms with van der Waals surface area (Å²) in [5.41, 5.74) is 1.01. The molecular weight excluding hydrogens is 459 g/mol. The van der Waals surface area contributed by atoms with Crippen LogP contribution in [-0.4, -0.2) is 42.5 Å². The highest BCUT2D eigenvalue weighted by atomic mass is 35.5. The van der Waals surface area contributed by atoms with Crippen molar-refractivity contribution in [3.8, 4) is 11.5 Å². The molecular formula is C18H19Cl3F4N2O2. The zero-order chi connectivity index (χ0) is 19.6. The minimum Gasteiger partial charge on any atom is -0.506 e. The molecule has 1 aliphatic rings. The molecule has 11 heteroatoms. The summed E-state index contributed by atoms with van der Waals surface area (Å²) >= 11 is 5.85. The number of nitrogens with one attached hydrogen (secondary N) is 1. The number of nitrogens with zero attached hydrogens (tertiary/aromatic N) is 1. The molecule has 2 aromatic carbocycles. The molecule has 1 atom stereocenters. The topological polar surface area (TPSA) is 44.7 Å². The lowest BCUT2D eigenvalue weighted by Gasteiger charge is -2.36. The summed E-state index contributed by atoms with van der Waals surface area (Å²) < 4.78 is 54.7. The molecule has 29 heavy (non-hydrogen) atoms. The van der Waals surface area contributed by atoms with E-state index in [2.05, 4.69) is 10.1 Å². The van der Waals surface area contributed by atoms with E-state index in [9.17, 15) is 22.7 Å². The van der Waals surface area contributed by atoms with Gasteiger partial charge in [0.05, 0.1) is 6.04 Å². The van der Waals surface area contributed by atoms with Crippen molar-refractivity contribution in [1.29, 1.82) is 0 Å². The second-order valence-electron chi connectivity index (χ2n) is 6.10. The Labute approximate surface area is 182 Å². The van der Waals surface area contributed by atoms with Crippen LogP contribution in [0.2, 0.25) is 5.02 Å². The third-order valence-corrected chi connectivity index (χ3v) is 4.70. The van der Waals surface area contributed by atoms with Crippen LogP contribution in [0.4, 0.5) is 17.6 Å². The zero-order valence-corrected chi connectivity index (χ0v) is 17.3. The maximum atomic E-state index is 13.6. The third-order valence-electron chi connectivity index (χ3n) is 4.34. The molecule has 0 amide bonds. The van der Waals surface area contributed by atoms with Crippen LogP contribution in [0.3, 0.4) is 0 Å². The van der Waals surface area contributed by atoms with Crippen LogP contribution in [0.5, 0.6) is 11.5 Å². The lowest BCUT2D eigenvalue weighted by atomic mass is 9.95. The fourth-order valence-electron chi connectivity index (χ4n) is 3.15. The Balaban J connectivity index is 0.00000210. The van der Waals surface area contributed by atoms with Gasteiger partial charge in [-0.3, -0.25) is 4.90 Å². The molecule has 2 aromatic rings. The number of hydrogen-bond donors (Lipinski definition) is 2. The predicted molar refractivity (Wildman–Crippen MR) is 107 cm³/mol. The standard InChI is InChI=1S/C18H17ClF4N2O2.2ClH/c19-15-14(20)6-5-13(17(15)26)16(25-9-7-24-8-10-25)11-1-3-12(4-2-11)27-18(21,22)23;;/h1-6,16,24,26H,7-10H2;2*1H/t16-;;/m1../s1. The van der Waals surface area contributed by atoms with Crippen molar-refractivity contribution < 1.29 is 27.4 Å². The number of phenolic OH excluding ortho intramolecular Hbond substituents is 1. The van der Waals surface area contributed by atoms with E-state index < -0.39 is 18.2 Å². The summed E-state index contributed by atoms with van der Waals surface area (Å²) in [6.45, 7) is 2.70. The Hall–Kier alpha value is -1.45. The number of piperazine rings is 1. The van der Waals surface area contributed by atoms with Gasteiger partial charge in [-0.15, -0.1) is 38.0 Å². The third kappa shape index (κ3) is 6.26. The molecule has 1 aliphatic heterocycles. The number of rotatable bonds is 4. The molecule has 162 valence electrons. The number of hydrogen-bond acceptors (Lipinski definition) is 4. The Morgan fingerprint density at radius 1 is 1.03 bits per heavy atom. The van der Waals surface area contributed by atoms with Gasteiger partial charge in [0.1, 0.15) is 22.3 Å². The quantitative estimate of drug-likeness (QED) is 0.614. The Bertz CT molecular complexity index is 801. The highest BCUT2D eigenvalue weighted by molar-refractivity contribution is 6.32. The van der Waals surface area contributed by atoms with Crippen molar-refractivity contribution in [3.05, 3.63) is 58.4 Å². The molecule has 1 saturated heterocycles. The first-order chi connectivity index (χ1) is 12.8. The summed E-state index contributed by atoms with van der Waals surface area (Å²) in [4.78, 5) is 2.04. The van der Waals surface area contributed by atoms with Crippen LogP contribution >= 0.6 is 36.4 Å². The number of phenols is 1. The SMILES string of the molecule is Cl.Cl.Oc1c([C@@H](c2ccc(OC(F)(F)F)cc2)N2CCNCC2)ccc(F)c1Cl. The molecule has 0 unspecified atom stereocenters. The smallest absolute Gasteiger partial charge is 0.506 e. The summed E-state index contributed by atoms with van der Waals surface area (Å²) in [5, 5.41) is 13.2. The highest BCUT2D eigenvalue weighted by Crippen LogP contribution is 2.40. The van der Waals surface area contributed by atoms with E-state index in [0.29, 0.717) is 37.3 Å². The summed E-state index contributed by atoms with van der Waals surface area (Å²) in [7, 11) is 0. The number of alkyl halides is 3. The molecule has 3 rings (SSSR count). The van der Waals surface area contributed by atoms with E-state index in [0.717, 1.165) is 6.07 Å². The monoisotopic (exact) mass is 476 g/mol. The van der Waals surface area contributed by atoms with E-state index >= 15 is 0 Å². The van der Waals surface area contributed by atoms with Crippen molar-refractivity contribution in [2.24, 2.45) is 0 Å². The Morgan fingerprint density at radius 3 is 2.17 bits per heavy atom. The van der Waals surface area contributed by atoms with E-state index in [1.807, 2.05) is 4.90 Å². The zero-order valence-electron chi connectivity index (χ0n) is 14.9. The minimum atomic E-state index is -4.78. The maximum absolute atomic E-state index is 13.6. The van der Waals surface area contributed by atoms with E-state index in [1.54, 1.807) is 0 Å². The van der Waals surface area contributed by atoms with Gasteiger partial charge in [0.25, 0.3) is 0 Å². The molecule has 0 aromatic heterocycles. The van der Waals surface area contributed by atoms with Gasteiger partial charge in [-0.25, -0.2) is 4.39 Å². The summed E-state index contributed by atoms with van der Waals surface area (Å²) in [5.74, 6) is -1.46. The van der Waals surface area contributed by atoms with Gasteiger partial charge in [0, 0.05) is 31.7 Å². The molecule has 1 fully saturated rings. The van der Waals surface area contributed by atoms with Crippen LogP contribution in [-0.2, 0) is 0 Å². The maximum Gasteiger partial charge on any atom is 0.573 e. The van der Waals surface area contributed by atoms with Crippen LogP contribution in [0, 0.1) is 5.82 Å². The molecule has 0 radical (unpaired) electrons. The van der Waals surface area contributed by atoms with E-state index in [1.165, 1.54) is 30.3 Å². The average Bonchev–Trinajstić information content (AvgIpc) is 2.63. The van der Waals surface area contributed by atoms with E-state index in [4.69, 9.17) is 11.6 Å². The number of halogens is 7. The minimum absolute atomic E-state index is 0. The van der Waals surface area contributed by atoms with Gasteiger partial charge in [0.2, 0.25) is 0 Å². The van der Waals surface area contributed by atoms with Crippen LogP contribution in [0.25, 0.3) is 0 Å². The van der Waals surface area contributed by atoms with Crippen molar-refractivity contribution in [2.45, 2.75) is 12.4 Å². The molecule has 0 spiro atoms. The molecule has 2 N–H and O–H groups in total. The largest absolute Gasteiger partial charge is 0.573 e. The number of ether oxygens (including phenoxy) is 1. The molecule has 4 nitrogen and oxygen atoms in total. The van der Waals surface area contributed by atoms with Crippen molar-refractivity contribution >= 4 is 36.4 Å². The van der Waals surface area contributed by atoms with Gasteiger partial charge in [-0.05, 0) is 23.8 Å². The molecule has 1 heterocycles.